The molecule has 0 aliphatic rings. The highest BCUT2D eigenvalue weighted by Crippen LogP contribution is 2.35. The molecule has 0 aliphatic carbocycles. The van der Waals surface area contributed by atoms with Crippen molar-refractivity contribution in [3.63, 3.8) is 0 Å². The smallest absolute Gasteiger partial charge is 0.340 e. The van der Waals surface area contributed by atoms with Crippen molar-refractivity contribution in [3.8, 4) is 11.1 Å². The van der Waals surface area contributed by atoms with Gasteiger partial charge < -0.3 is 24.6 Å². The standard InChI is InChI=1S/C27H25BrN2O7/c1-13(2)25(26(33)34)30-24(32)11-29-23(31)9-18-14(3)17-8-19-20(15-4-6-16(28)7-5-15)12-36-21(19)10-22(17)37-27(18)35/h4-8,10,12-13,25H,9,11H2,1-3H3,(H,29,31)(H,30,32)(H,33,34)/t25-/m1/s1. The molecule has 0 unspecified atom stereocenters. The molecule has 0 fully saturated rings. The number of furan rings is 1. The van der Waals surface area contributed by atoms with E-state index in [4.69, 9.17) is 8.83 Å². The molecule has 1 atom stereocenters. The first-order valence-electron chi connectivity index (χ1n) is 11.6. The monoisotopic (exact) mass is 568 g/mol. The van der Waals surface area contributed by atoms with Gasteiger partial charge in [0.15, 0.2) is 0 Å². The van der Waals surface area contributed by atoms with E-state index in [0.717, 1.165) is 21.0 Å². The fourth-order valence-corrected chi connectivity index (χ4v) is 4.37. The molecular formula is C27H25BrN2O7. The average Bonchev–Trinajstić information content (AvgIpc) is 3.25. The van der Waals surface area contributed by atoms with Crippen LogP contribution in [0.2, 0.25) is 0 Å². The first-order chi connectivity index (χ1) is 17.5. The number of hydrogen-bond acceptors (Lipinski definition) is 6. The summed E-state index contributed by atoms with van der Waals surface area (Å²) >= 11 is 3.43. The van der Waals surface area contributed by atoms with Crippen molar-refractivity contribution in [2.45, 2.75) is 33.2 Å². The van der Waals surface area contributed by atoms with Gasteiger partial charge in [0.2, 0.25) is 11.8 Å². The second-order valence-electron chi connectivity index (χ2n) is 9.07. The number of carbonyl (C=O) groups excluding carboxylic acids is 2. The van der Waals surface area contributed by atoms with Gasteiger partial charge in [-0.15, -0.1) is 0 Å². The van der Waals surface area contributed by atoms with Crippen LogP contribution in [-0.4, -0.2) is 35.5 Å². The summed E-state index contributed by atoms with van der Waals surface area (Å²) in [6.07, 6.45) is 1.35. The molecular weight excluding hydrogens is 544 g/mol. The topological polar surface area (TPSA) is 139 Å². The number of aliphatic carboxylic acids is 1. The van der Waals surface area contributed by atoms with Crippen molar-refractivity contribution in [2.24, 2.45) is 5.92 Å². The van der Waals surface area contributed by atoms with E-state index in [2.05, 4.69) is 26.6 Å². The number of hydrogen-bond donors (Lipinski definition) is 3. The lowest BCUT2D eigenvalue weighted by atomic mass is 9.99. The zero-order valence-electron chi connectivity index (χ0n) is 20.4. The Morgan fingerprint density at radius 2 is 1.73 bits per heavy atom. The Morgan fingerprint density at radius 3 is 2.38 bits per heavy atom. The Morgan fingerprint density at radius 1 is 1.03 bits per heavy atom. The van der Waals surface area contributed by atoms with Crippen molar-refractivity contribution in [2.75, 3.05) is 6.54 Å². The minimum atomic E-state index is -1.16. The molecule has 0 spiro atoms. The fraction of sp³-hybridized carbons (Fsp3) is 0.259. The van der Waals surface area contributed by atoms with Crippen LogP contribution >= 0.6 is 15.9 Å². The van der Waals surface area contributed by atoms with Gasteiger partial charge in [0.1, 0.15) is 17.2 Å². The lowest BCUT2D eigenvalue weighted by molar-refractivity contribution is -0.143. The lowest BCUT2D eigenvalue weighted by Crippen LogP contribution is -2.48. The summed E-state index contributed by atoms with van der Waals surface area (Å²) in [5.41, 5.74) is 2.83. The molecule has 192 valence electrons. The highest BCUT2D eigenvalue weighted by Gasteiger charge is 2.24. The normalized spacial score (nSPS) is 12.1. The predicted molar refractivity (Wildman–Crippen MR) is 141 cm³/mol. The molecule has 0 bridgehead atoms. The third-order valence-electron chi connectivity index (χ3n) is 6.17. The van der Waals surface area contributed by atoms with Crippen molar-refractivity contribution in [3.05, 3.63) is 68.7 Å². The van der Waals surface area contributed by atoms with Gasteiger partial charge in [-0.3, -0.25) is 9.59 Å². The molecule has 2 aromatic carbocycles. The summed E-state index contributed by atoms with van der Waals surface area (Å²) in [5.74, 6) is -2.69. The van der Waals surface area contributed by atoms with Gasteiger partial charge in [0.25, 0.3) is 0 Å². The molecule has 10 heteroatoms. The molecule has 2 heterocycles. The molecule has 3 N–H and O–H groups in total. The van der Waals surface area contributed by atoms with Crippen LogP contribution in [0.15, 0.2) is 60.8 Å². The summed E-state index contributed by atoms with van der Waals surface area (Å²) in [5, 5.41) is 15.5. The minimum absolute atomic E-state index is 0.170. The number of amides is 2. The number of fused-ring (bicyclic) bond motifs is 2. The summed E-state index contributed by atoms with van der Waals surface area (Å²) < 4.78 is 12.2. The van der Waals surface area contributed by atoms with Crippen LogP contribution < -0.4 is 16.3 Å². The third kappa shape index (κ3) is 5.59. The third-order valence-corrected chi connectivity index (χ3v) is 6.70. The highest BCUT2D eigenvalue weighted by atomic mass is 79.9. The van der Waals surface area contributed by atoms with Crippen LogP contribution in [0.3, 0.4) is 0 Å². The molecule has 0 radical (unpaired) electrons. The second kappa shape index (κ2) is 10.6. The average molecular weight is 569 g/mol. The zero-order chi connectivity index (χ0) is 26.9. The summed E-state index contributed by atoms with van der Waals surface area (Å²) in [6, 6.07) is 10.2. The number of rotatable bonds is 8. The maximum atomic E-state index is 12.7. The molecule has 9 nitrogen and oxygen atoms in total. The lowest BCUT2D eigenvalue weighted by Gasteiger charge is -2.18. The van der Waals surface area contributed by atoms with Crippen molar-refractivity contribution in [1.82, 2.24) is 10.6 Å². The Balaban J connectivity index is 1.57. The Hall–Kier alpha value is -3.92. The van der Waals surface area contributed by atoms with Crippen LogP contribution in [0.25, 0.3) is 33.1 Å². The first kappa shape index (κ1) is 26.2. The van der Waals surface area contributed by atoms with Crippen LogP contribution in [0.4, 0.5) is 0 Å². The van der Waals surface area contributed by atoms with Gasteiger partial charge in [-0.1, -0.05) is 41.9 Å². The van der Waals surface area contributed by atoms with Crippen molar-refractivity contribution >= 4 is 55.7 Å². The SMILES string of the molecule is Cc1c(CC(=O)NCC(=O)N[C@@H](C(=O)O)C(C)C)c(=O)oc2cc3occ(-c4ccc(Br)cc4)c3cc12. The quantitative estimate of drug-likeness (QED) is 0.271. The minimum Gasteiger partial charge on any atom is -0.480 e. The van der Waals surface area contributed by atoms with Gasteiger partial charge in [-0.25, -0.2) is 9.59 Å². The van der Waals surface area contributed by atoms with E-state index in [1.807, 2.05) is 30.3 Å². The number of carbonyl (C=O) groups is 3. The van der Waals surface area contributed by atoms with E-state index in [0.29, 0.717) is 22.1 Å². The number of carboxylic acids is 1. The van der Waals surface area contributed by atoms with Gasteiger partial charge >= 0.3 is 11.6 Å². The molecule has 2 amide bonds. The number of benzene rings is 2. The molecule has 0 saturated heterocycles. The van der Waals surface area contributed by atoms with Gasteiger partial charge in [-0.05, 0) is 42.2 Å². The predicted octanol–water partition coefficient (Wildman–Crippen LogP) is 4.16. The van der Waals surface area contributed by atoms with E-state index in [1.54, 1.807) is 33.1 Å². The zero-order valence-corrected chi connectivity index (χ0v) is 22.0. The van der Waals surface area contributed by atoms with E-state index in [-0.39, 0.29) is 17.9 Å². The van der Waals surface area contributed by atoms with Gasteiger partial charge in [0.05, 0.1) is 24.8 Å². The van der Waals surface area contributed by atoms with E-state index < -0.39 is 36.0 Å². The second-order valence-corrected chi connectivity index (χ2v) is 9.99. The van der Waals surface area contributed by atoms with Crippen LogP contribution in [0.5, 0.6) is 0 Å². The van der Waals surface area contributed by atoms with E-state index in [1.165, 1.54) is 0 Å². The fourth-order valence-electron chi connectivity index (χ4n) is 4.11. The maximum Gasteiger partial charge on any atom is 0.340 e. The number of nitrogens with one attached hydrogen (secondary N) is 2. The summed E-state index contributed by atoms with van der Waals surface area (Å²) in [7, 11) is 0. The van der Waals surface area contributed by atoms with Crippen molar-refractivity contribution in [1.29, 1.82) is 0 Å². The van der Waals surface area contributed by atoms with Crippen LogP contribution in [0.1, 0.15) is 25.0 Å². The Labute approximate surface area is 220 Å². The van der Waals surface area contributed by atoms with Gasteiger partial charge in [0, 0.05) is 26.9 Å². The summed E-state index contributed by atoms with van der Waals surface area (Å²) in [4.78, 5) is 48.6. The van der Waals surface area contributed by atoms with Crippen molar-refractivity contribution < 1.29 is 28.3 Å². The maximum absolute atomic E-state index is 12.7. The largest absolute Gasteiger partial charge is 0.480 e. The summed E-state index contributed by atoms with van der Waals surface area (Å²) in [6.45, 7) is 4.65. The van der Waals surface area contributed by atoms with E-state index >= 15 is 0 Å². The van der Waals surface area contributed by atoms with E-state index in [9.17, 15) is 24.3 Å². The van der Waals surface area contributed by atoms with Crippen LogP contribution in [0, 0.1) is 12.8 Å². The molecule has 0 aliphatic heterocycles. The Bertz CT molecular complexity index is 1570. The molecule has 0 saturated carbocycles. The molecule has 2 aromatic heterocycles. The molecule has 4 aromatic rings. The highest BCUT2D eigenvalue weighted by molar-refractivity contribution is 9.10. The molecule has 4 rings (SSSR count). The number of aryl methyl sites for hydroxylation is 1. The van der Waals surface area contributed by atoms with Crippen LogP contribution in [-0.2, 0) is 20.8 Å². The van der Waals surface area contributed by atoms with Gasteiger partial charge in [-0.2, -0.15) is 0 Å². The molecule has 37 heavy (non-hydrogen) atoms. The number of halogens is 1. The first-order valence-corrected chi connectivity index (χ1v) is 12.4. The Kier molecular flexibility index (Phi) is 7.49. The number of carboxylic acid groups (broad SMARTS) is 1.